The number of carbonyl (C=O) groups is 1. The first-order valence-electron chi connectivity index (χ1n) is 6.67. The summed E-state index contributed by atoms with van der Waals surface area (Å²) in [7, 11) is 1.63. The van der Waals surface area contributed by atoms with E-state index in [2.05, 4.69) is 4.98 Å². The highest BCUT2D eigenvalue weighted by molar-refractivity contribution is 6.29. The van der Waals surface area contributed by atoms with Crippen molar-refractivity contribution >= 4 is 17.5 Å². The first-order valence-corrected chi connectivity index (χ1v) is 7.05. The summed E-state index contributed by atoms with van der Waals surface area (Å²) >= 11 is 5.74. The van der Waals surface area contributed by atoms with Crippen molar-refractivity contribution in [3.8, 4) is 5.75 Å². The standard InChI is InChI=1S/C16H17ClN2O2/c1-3-19(11-12-4-7-14(21-2)8-5-12)16(20)13-6-9-15(17)18-10-13/h4-10H,3,11H2,1-2H3. The van der Waals surface area contributed by atoms with E-state index < -0.39 is 0 Å². The maximum atomic E-state index is 12.4. The normalized spacial score (nSPS) is 10.2. The van der Waals surface area contributed by atoms with Crippen LogP contribution in [-0.4, -0.2) is 29.4 Å². The quantitative estimate of drug-likeness (QED) is 0.795. The van der Waals surface area contributed by atoms with Gasteiger partial charge in [0.05, 0.1) is 12.7 Å². The van der Waals surface area contributed by atoms with Crippen molar-refractivity contribution < 1.29 is 9.53 Å². The van der Waals surface area contributed by atoms with E-state index in [1.807, 2.05) is 31.2 Å². The van der Waals surface area contributed by atoms with E-state index in [1.165, 1.54) is 6.20 Å². The van der Waals surface area contributed by atoms with Gasteiger partial charge in [-0.15, -0.1) is 0 Å². The van der Waals surface area contributed by atoms with E-state index >= 15 is 0 Å². The number of methoxy groups -OCH3 is 1. The molecule has 0 unspecified atom stereocenters. The highest BCUT2D eigenvalue weighted by atomic mass is 35.5. The van der Waals surface area contributed by atoms with Crippen LogP contribution in [0.3, 0.4) is 0 Å². The van der Waals surface area contributed by atoms with Crippen LogP contribution in [0.2, 0.25) is 5.15 Å². The fraction of sp³-hybridized carbons (Fsp3) is 0.250. The monoisotopic (exact) mass is 304 g/mol. The van der Waals surface area contributed by atoms with Crippen molar-refractivity contribution in [2.75, 3.05) is 13.7 Å². The van der Waals surface area contributed by atoms with Gasteiger partial charge in [-0.1, -0.05) is 23.7 Å². The van der Waals surface area contributed by atoms with E-state index in [0.29, 0.717) is 23.8 Å². The van der Waals surface area contributed by atoms with Crippen LogP contribution in [0, 0.1) is 0 Å². The Morgan fingerprint density at radius 1 is 1.24 bits per heavy atom. The molecule has 110 valence electrons. The molecule has 0 saturated carbocycles. The second-order valence-electron chi connectivity index (χ2n) is 4.54. The van der Waals surface area contributed by atoms with Crippen LogP contribution in [-0.2, 0) is 6.54 Å². The molecule has 2 rings (SSSR count). The summed E-state index contributed by atoms with van der Waals surface area (Å²) in [6, 6.07) is 11.0. The summed E-state index contributed by atoms with van der Waals surface area (Å²) in [6.45, 7) is 3.11. The molecule has 4 nitrogen and oxygen atoms in total. The molecule has 0 atom stereocenters. The predicted octanol–water partition coefficient (Wildman–Crippen LogP) is 3.41. The number of aromatic nitrogens is 1. The molecule has 0 aliphatic heterocycles. The second kappa shape index (κ2) is 7.09. The van der Waals surface area contributed by atoms with Gasteiger partial charge in [0.25, 0.3) is 5.91 Å². The van der Waals surface area contributed by atoms with Crippen molar-refractivity contribution in [3.63, 3.8) is 0 Å². The van der Waals surface area contributed by atoms with Gasteiger partial charge in [0, 0.05) is 19.3 Å². The van der Waals surface area contributed by atoms with Gasteiger partial charge in [0.1, 0.15) is 10.9 Å². The molecule has 1 heterocycles. The summed E-state index contributed by atoms with van der Waals surface area (Å²) in [5.41, 5.74) is 1.59. The molecule has 0 N–H and O–H groups in total. The number of pyridine rings is 1. The van der Waals surface area contributed by atoms with E-state index in [1.54, 1.807) is 24.1 Å². The molecule has 0 bridgehead atoms. The molecular formula is C16H17ClN2O2. The molecule has 0 spiro atoms. The smallest absolute Gasteiger partial charge is 0.255 e. The van der Waals surface area contributed by atoms with Gasteiger partial charge in [-0.3, -0.25) is 4.79 Å². The molecule has 0 aliphatic rings. The maximum Gasteiger partial charge on any atom is 0.255 e. The number of hydrogen-bond donors (Lipinski definition) is 0. The lowest BCUT2D eigenvalue weighted by molar-refractivity contribution is 0.0752. The Balaban J connectivity index is 2.11. The number of carbonyl (C=O) groups excluding carboxylic acids is 1. The Morgan fingerprint density at radius 2 is 1.95 bits per heavy atom. The summed E-state index contributed by atoms with van der Waals surface area (Å²) in [4.78, 5) is 18.1. The molecule has 0 aliphatic carbocycles. The number of hydrogen-bond acceptors (Lipinski definition) is 3. The van der Waals surface area contributed by atoms with E-state index in [4.69, 9.17) is 16.3 Å². The molecule has 0 fully saturated rings. The van der Waals surface area contributed by atoms with Crippen LogP contribution in [0.1, 0.15) is 22.8 Å². The molecule has 5 heteroatoms. The van der Waals surface area contributed by atoms with Gasteiger partial charge in [0.2, 0.25) is 0 Å². The largest absolute Gasteiger partial charge is 0.497 e. The summed E-state index contributed by atoms with van der Waals surface area (Å²) in [5.74, 6) is 0.743. The minimum Gasteiger partial charge on any atom is -0.497 e. The third-order valence-electron chi connectivity index (χ3n) is 3.18. The number of benzene rings is 1. The van der Waals surface area contributed by atoms with Crippen LogP contribution in [0.25, 0.3) is 0 Å². The Bertz CT molecular complexity index is 597. The SMILES string of the molecule is CCN(Cc1ccc(OC)cc1)C(=O)c1ccc(Cl)nc1. The number of amides is 1. The zero-order valence-electron chi connectivity index (χ0n) is 12.0. The fourth-order valence-corrected chi connectivity index (χ4v) is 2.08. The Kier molecular flexibility index (Phi) is 5.17. The zero-order chi connectivity index (χ0) is 15.2. The van der Waals surface area contributed by atoms with Gasteiger partial charge in [-0.25, -0.2) is 4.98 Å². The summed E-state index contributed by atoms with van der Waals surface area (Å²) in [5, 5.41) is 0.379. The highest BCUT2D eigenvalue weighted by Gasteiger charge is 2.14. The molecule has 0 radical (unpaired) electrons. The van der Waals surface area contributed by atoms with Gasteiger partial charge in [-0.2, -0.15) is 0 Å². The molecule has 1 amide bonds. The lowest BCUT2D eigenvalue weighted by Crippen LogP contribution is -2.30. The van der Waals surface area contributed by atoms with E-state index in [-0.39, 0.29) is 5.91 Å². The van der Waals surface area contributed by atoms with Gasteiger partial charge in [0.15, 0.2) is 0 Å². The number of halogens is 1. The first kappa shape index (κ1) is 15.3. The van der Waals surface area contributed by atoms with Crippen LogP contribution in [0.5, 0.6) is 5.75 Å². The minimum absolute atomic E-state index is 0.0579. The van der Waals surface area contributed by atoms with Crippen molar-refractivity contribution in [1.29, 1.82) is 0 Å². The van der Waals surface area contributed by atoms with E-state index in [0.717, 1.165) is 11.3 Å². The maximum absolute atomic E-state index is 12.4. The highest BCUT2D eigenvalue weighted by Crippen LogP contribution is 2.15. The third kappa shape index (κ3) is 3.95. The predicted molar refractivity (Wildman–Crippen MR) is 82.7 cm³/mol. The van der Waals surface area contributed by atoms with Crippen molar-refractivity contribution in [2.45, 2.75) is 13.5 Å². The molecule has 0 saturated heterocycles. The lowest BCUT2D eigenvalue weighted by Gasteiger charge is -2.21. The average molecular weight is 305 g/mol. The van der Waals surface area contributed by atoms with Gasteiger partial charge in [-0.05, 0) is 36.8 Å². The zero-order valence-corrected chi connectivity index (χ0v) is 12.8. The average Bonchev–Trinajstić information content (AvgIpc) is 2.53. The van der Waals surface area contributed by atoms with Crippen molar-refractivity contribution in [1.82, 2.24) is 9.88 Å². The molecule has 1 aromatic heterocycles. The van der Waals surface area contributed by atoms with Crippen LogP contribution in [0.4, 0.5) is 0 Å². The van der Waals surface area contributed by atoms with Crippen LogP contribution < -0.4 is 4.74 Å². The molecular weight excluding hydrogens is 288 g/mol. The number of rotatable bonds is 5. The van der Waals surface area contributed by atoms with E-state index in [9.17, 15) is 4.79 Å². The third-order valence-corrected chi connectivity index (χ3v) is 3.40. The van der Waals surface area contributed by atoms with Crippen LogP contribution in [0.15, 0.2) is 42.6 Å². The minimum atomic E-state index is -0.0579. The summed E-state index contributed by atoms with van der Waals surface area (Å²) < 4.78 is 5.13. The lowest BCUT2D eigenvalue weighted by atomic mass is 10.2. The van der Waals surface area contributed by atoms with Gasteiger partial charge < -0.3 is 9.64 Å². The van der Waals surface area contributed by atoms with Crippen molar-refractivity contribution in [2.24, 2.45) is 0 Å². The molecule has 21 heavy (non-hydrogen) atoms. The second-order valence-corrected chi connectivity index (χ2v) is 4.92. The first-order chi connectivity index (χ1) is 10.1. The Labute approximate surface area is 129 Å². The van der Waals surface area contributed by atoms with Crippen LogP contribution >= 0.6 is 11.6 Å². The molecule has 2 aromatic rings. The summed E-state index contributed by atoms with van der Waals surface area (Å²) in [6.07, 6.45) is 1.50. The molecule has 1 aromatic carbocycles. The fourth-order valence-electron chi connectivity index (χ4n) is 1.96. The van der Waals surface area contributed by atoms with Crippen molar-refractivity contribution in [3.05, 3.63) is 58.9 Å². The topological polar surface area (TPSA) is 42.4 Å². The Morgan fingerprint density at radius 3 is 2.48 bits per heavy atom. The number of ether oxygens (including phenoxy) is 1. The van der Waals surface area contributed by atoms with Gasteiger partial charge >= 0.3 is 0 Å². The Hall–Kier alpha value is -2.07. The number of nitrogens with zero attached hydrogens (tertiary/aromatic N) is 2.